The molecule has 0 spiro atoms. The zero-order chi connectivity index (χ0) is 10.7. The summed E-state index contributed by atoms with van der Waals surface area (Å²) < 4.78 is 14.6. The first-order valence-electron chi connectivity index (χ1n) is 4.33. The fourth-order valence-corrected chi connectivity index (χ4v) is 1.50. The van der Waals surface area contributed by atoms with Crippen LogP contribution in [0.25, 0.3) is 0 Å². The molecule has 1 aliphatic heterocycles. The third kappa shape index (κ3) is 2.22. The Morgan fingerprint density at radius 3 is 2.29 bits per heavy atom. The predicted molar refractivity (Wildman–Crippen MR) is 45.6 cm³/mol. The van der Waals surface area contributed by atoms with Gasteiger partial charge < -0.3 is 29.5 Å². The van der Waals surface area contributed by atoms with Gasteiger partial charge in [0, 0.05) is 14.2 Å². The molecule has 14 heavy (non-hydrogen) atoms. The van der Waals surface area contributed by atoms with E-state index in [1.165, 1.54) is 14.2 Å². The molecule has 6 heteroatoms. The molecule has 3 N–H and O–H groups in total. The third-order valence-electron chi connectivity index (χ3n) is 2.26. The van der Waals surface area contributed by atoms with Gasteiger partial charge in [-0.05, 0) is 0 Å². The number of rotatable bonds is 3. The Kier molecular flexibility index (Phi) is 4.24. The molecule has 0 unspecified atom stereocenters. The molecular formula is C8H16O6. The van der Waals surface area contributed by atoms with Crippen LogP contribution in [0.1, 0.15) is 0 Å². The summed E-state index contributed by atoms with van der Waals surface area (Å²) in [4.78, 5) is 0. The topological polar surface area (TPSA) is 88.4 Å². The quantitative estimate of drug-likeness (QED) is 0.501. The summed E-state index contributed by atoms with van der Waals surface area (Å²) in [6.07, 6.45) is -5.17. The molecule has 1 aliphatic rings. The second kappa shape index (κ2) is 5.01. The molecule has 1 fully saturated rings. The van der Waals surface area contributed by atoms with Crippen molar-refractivity contribution in [3.8, 4) is 0 Å². The van der Waals surface area contributed by atoms with Gasteiger partial charge in [0.25, 0.3) is 0 Å². The second-order valence-corrected chi connectivity index (χ2v) is 3.20. The van der Waals surface area contributed by atoms with E-state index in [1.807, 2.05) is 0 Å². The molecule has 0 bridgehead atoms. The number of methoxy groups -OCH3 is 2. The predicted octanol–water partition coefficient (Wildman–Crippen LogP) is -1.91. The van der Waals surface area contributed by atoms with Gasteiger partial charge in [0.05, 0.1) is 6.61 Å². The minimum Gasteiger partial charge on any atom is -0.387 e. The van der Waals surface area contributed by atoms with Gasteiger partial charge in [-0.25, -0.2) is 0 Å². The molecule has 0 amide bonds. The van der Waals surface area contributed by atoms with Crippen LogP contribution < -0.4 is 0 Å². The van der Waals surface area contributed by atoms with Crippen LogP contribution in [0.3, 0.4) is 0 Å². The van der Waals surface area contributed by atoms with Gasteiger partial charge in [-0.1, -0.05) is 0 Å². The molecule has 0 saturated carbocycles. The van der Waals surface area contributed by atoms with Crippen LogP contribution in [0.4, 0.5) is 0 Å². The van der Waals surface area contributed by atoms with Gasteiger partial charge in [-0.2, -0.15) is 0 Å². The van der Waals surface area contributed by atoms with Gasteiger partial charge in [0.15, 0.2) is 6.29 Å². The monoisotopic (exact) mass is 208 g/mol. The Bertz CT molecular complexity index is 175. The Morgan fingerprint density at radius 2 is 1.79 bits per heavy atom. The van der Waals surface area contributed by atoms with E-state index in [-0.39, 0.29) is 6.61 Å². The first kappa shape index (κ1) is 11.8. The van der Waals surface area contributed by atoms with Crippen molar-refractivity contribution in [3.63, 3.8) is 0 Å². The molecule has 0 aliphatic carbocycles. The number of hydrogen-bond acceptors (Lipinski definition) is 6. The SMILES string of the molecule is COC[C@@H]1O[C@H](O)[C@@H](O)[C@H](OC)[C@H]1O. The van der Waals surface area contributed by atoms with Gasteiger partial charge >= 0.3 is 0 Å². The minimum absolute atomic E-state index is 0.130. The lowest BCUT2D eigenvalue weighted by molar-refractivity contribution is -0.291. The molecule has 0 aromatic rings. The first-order valence-corrected chi connectivity index (χ1v) is 4.33. The van der Waals surface area contributed by atoms with Crippen LogP contribution in [0.2, 0.25) is 0 Å². The second-order valence-electron chi connectivity index (χ2n) is 3.20. The maximum atomic E-state index is 9.65. The number of aliphatic hydroxyl groups is 3. The largest absolute Gasteiger partial charge is 0.387 e. The van der Waals surface area contributed by atoms with Crippen LogP contribution in [0.5, 0.6) is 0 Å². The van der Waals surface area contributed by atoms with Crippen molar-refractivity contribution in [2.24, 2.45) is 0 Å². The van der Waals surface area contributed by atoms with E-state index in [0.717, 1.165) is 0 Å². The van der Waals surface area contributed by atoms with Crippen LogP contribution in [0.15, 0.2) is 0 Å². The molecule has 6 nitrogen and oxygen atoms in total. The van der Waals surface area contributed by atoms with Crippen molar-refractivity contribution in [2.75, 3.05) is 20.8 Å². The summed E-state index contributed by atoms with van der Waals surface area (Å²) >= 11 is 0. The number of aliphatic hydroxyl groups excluding tert-OH is 3. The molecule has 0 aromatic carbocycles. The minimum atomic E-state index is -1.36. The Balaban J connectivity index is 2.65. The molecule has 0 aromatic heterocycles. The molecule has 5 atom stereocenters. The lowest BCUT2D eigenvalue weighted by Crippen LogP contribution is -2.59. The van der Waals surface area contributed by atoms with Crippen molar-refractivity contribution in [1.29, 1.82) is 0 Å². The average Bonchev–Trinajstić information content (AvgIpc) is 2.16. The molecule has 1 saturated heterocycles. The zero-order valence-electron chi connectivity index (χ0n) is 8.16. The zero-order valence-corrected chi connectivity index (χ0v) is 8.16. The maximum Gasteiger partial charge on any atom is 0.184 e. The molecule has 0 radical (unpaired) electrons. The molecular weight excluding hydrogens is 192 g/mol. The standard InChI is InChI=1S/C8H16O6/c1-12-3-4-5(9)7(13-2)6(10)8(11)14-4/h4-11H,3H2,1-2H3/t4-,5-,6-,7+,8-/m0/s1. The van der Waals surface area contributed by atoms with E-state index in [9.17, 15) is 15.3 Å². The van der Waals surface area contributed by atoms with Crippen LogP contribution in [-0.4, -0.2) is 66.9 Å². The fraction of sp³-hybridized carbons (Fsp3) is 1.00. The first-order chi connectivity index (χ1) is 6.61. The average molecular weight is 208 g/mol. The van der Waals surface area contributed by atoms with Gasteiger partial charge in [-0.3, -0.25) is 0 Å². The van der Waals surface area contributed by atoms with E-state index >= 15 is 0 Å². The molecule has 1 rings (SSSR count). The summed E-state index contributed by atoms with van der Waals surface area (Å²) in [6.45, 7) is 0.130. The van der Waals surface area contributed by atoms with Gasteiger partial charge in [0.1, 0.15) is 24.4 Å². The normalized spacial score (nSPS) is 43.9. The smallest absolute Gasteiger partial charge is 0.184 e. The van der Waals surface area contributed by atoms with Crippen molar-refractivity contribution >= 4 is 0 Å². The van der Waals surface area contributed by atoms with Gasteiger partial charge in [-0.15, -0.1) is 0 Å². The summed E-state index contributed by atoms with van der Waals surface area (Å²) in [5, 5.41) is 28.3. The summed E-state index contributed by atoms with van der Waals surface area (Å²) in [7, 11) is 2.80. The van der Waals surface area contributed by atoms with E-state index in [1.54, 1.807) is 0 Å². The summed E-state index contributed by atoms with van der Waals surface area (Å²) in [6, 6.07) is 0. The fourth-order valence-electron chi connectivity index (χ4n) is 1.50. The highest BCUT2D eigenvalue weighted by molar-refractivity contribution is 4.89. The summed E-state index contributed by atoms with van der Waals surface area (Å²) in [5.74, 6) is 0. The molecule has 84 valence electrons. The third-order valence-corrected chi connectivity index (χ3v) is 2.26. The highest BCUT2D eigenvalue weighted by atomic mass is 16.7. The van der Waals surface area contributed by atoms with Crippen molar-refractivity contribution < 1.29 is 29.5 Å². The van der Waals surface area contributed by atoms with Crippen molar-refractivity contribution in [1.82, 2.24) is 0 Å². The lowest BCUT2D eigenvalue weighted by atomic mass is 9.99. The van der Waals surface area contributed by atoms with E-state index in [2.05, 4.69) is 0 Å². The van der Waals surface area contributed by atoms with Gasteiger partial charge in [0.2, 0.25) is 0 Å². The van der Waals surface area contributed by atoms with E-state index < -0.39 is 30.7 Å². The van der Waals surface area contributed by atoms with E-state index in [0.29, 0.717) is 0 Å². The molecule has 1 heterocycles. The van der Waals surface area contributed by atoms with Crippen LogP contribution >= 0.6 is 0 Å². The van der Waals surface area contributed by atoms with E-state index in [4.69, 9.17) is 14.2 Å². The van der Waals surface area contributed by atoms with Crippen molar-refractivity contribution in [2.45, 2.75) is 30.7 Å². The van der Waals surface area contributed by atoms with Crippen LogP contribution in [-0.2, 0) is 14.2 Å². The maximum absolute atomic E-state index is 9.65. The Morgan fingerprint density at radius 1 is 1.14 bits per heavy atom. The highest BCUT2D eigenvalue weighted by Gasteiger charge is 2.44. The number of ether oxygens (including phenoxy) is 3. The lowest BCUT2D eigenvalue weighted by Gasteiger charge is -2.39. The van der Waals surface area contributed by atoms with Crippen LogP contribution in [0, 0.1) is 0 Å². The Labute approximate surface area is 82.0 Å². The summed E-state index contributed by atoms with van der Waals surface area (Å²) in [5.41, 5.74) is 0. The number of hydrogen-bond donors (Lipinski definition) is 3. The van der Waals surface area contributed by atoms with Crippen molar-refractivity contribution in [3.05, 3.63) is 0 Å². The Hall–Kier alpha value is -0.240. The highest BCUT2D eigenvalue weighted by Crippen LogP contribution is 2.21.